The predicted molar refractivity (Wildman–Crippen MR) is 105 cm³/mol. The van der Waals surface area contributed by atoms with E-state index in [0.29, 0.717) is 17.8 Å². The van der Waals surface area contributed by atoms with E-state index in [4.69, 9.17) is 0 Å². The first-order chi connectivity index (χ1) is 13.5. The molecule has 7 nitrogen and oxygen atoms in total. The minimum Gasteiger partial charge on any atom is -0.465 e. The van der Waals surface area contributed by atoms with E-state index in [1.165, 1.54) is 18.9 Å². The number of hydrogen-bond acceptors (Lipinski definition) is 6. The summed E-state index contributed by atoms with van der Waals surface area (Å²) in [6.45, 7) is 2.43. The average Bonchev–Trinajstić information content (AvgIpc) is 2.73. The first-order valence-corrected chi connectivity index (χ1v) is 8.67. The molecule has 0 saturated heterocycles. The van der Waals surface area contributed by atoms with Crippen LogP contribution in [0.5, 0.6) is 0 Å². The molecule has 0 spiro atoms. The molecule has 142 valence electrons. The minimum absolute atomic E-state index is 0.260. The van der Waals surface area contributed by atoms with Gasteiger partial charge in [0.05, 0.1) is 12.7 Å². The molecule has 1 amide bonds. The lowest BCUT2D eigenvalue weighted by Gasteiger charge is -2.08. The van der Waals surface area contributed by atoms with Gasteiger partial charge in [0, 0.05) is 18.4 Å². The molecule has 2 N–H and O–H groups in total. The standard InChI is InChI=1S/C21H20N4O3/c1-14-3-5-15(6-4-14)13-23-19(26)18-11-12-22-21(25-18)24-17-9-7-16(8-10-17)20(27)28-2/h3-12H,13H2,1-2H3,(H,23,26)(H,22,24,25). The van der Waals surface area contributed by atoms with Gasteiger partial charge < -0.3 is 15.4 Å². The number of esters is 1. The smallest absolute Gasteiger partial charge is 0.337 e. The van der Waals surface area contributed by atoms with E-state index in [2.05, 4.69) is 25.3 Å². The Morgan fingerprint density at radius 3 is 2.39 bits per heavy atom. The van der Waals surface area contributed by atoms with Crippen LogP contribution < -0.4 is 10.6 Å². The normalized spacial score (nSPS) is 10.2. The van der Waals surface area contributed by atoms with E-state index < -0.39 is 5.97 Å². The molecule has 3 aromatic rings. The summed E-state index contributed by atoms with van der Waals surface area (Å²) in [5, 5.41) is 5.85. The third kappa shape index (κ3) is 4.91. The molecule has 0 radical (unpaired) electrons. The van der Waals surface area contributed by atoms with Crippen molar-refractivity contribution in [2.45, 2.75) is 13.5 Å². The monoisotopic (exact) mass is 376 g/mol. The summed E-state index contributed by atoms with van der Waals surface area (Å²) >= 11 is 0. The molecule has 1 heterocycles. The van der Waals surface area contributed by atoms with Crippen LogP contribution in [0.15, 0.2) is 60.8 Å². The van der Waals surface area contributed by atoms with Crippen LogP contribution in [0.3, 0.4) is 0 Å². The summed E-state index contributed by atoms with van der Waals surface area (Å²) < 4.78 is 4.67. The number of methoxy groups -OCH3 is 1. The fraction of sp³-hybridized carbons (Fsp3) is 0.143. The van der Waals surface area contributed by atoms with E-state index in [1.54, 1.807) is 30.3 Å². The van der Waals surface area contributed by atoms with E-state index in [9.17, 15) is 9.59 Å². The maximum atomic E-state index is 12.4. The maximum absolute atomic E-state index is 12.4. The molecule has 3 rings (SSSR count). The number of nitrogens with one attached hydrogen (secondary N) is 2. The first kappa shape index (κ1) is 19.0. The van der Waals surface area contributed by atoms with Gasteiger partial charge in [0.1, 0.15) is 5.69 Å². The molecular formula is C21H20N4O3. The molecule has 0 aliphatic carbocycles. The van der Waals surface area contributed by atoms with Gasteiger partial charge in [0.2, 0.25) is 5.95 Å². The maximum Gasteiger partial charge on any atom is 0.337 e. The fourth-order valence-corrected chi connectivity index (χ4v) is 2.46. The highest BCUT2D eigenvalue weighted by Crippen LogP contribution is 2.14. The molecule has 1 aromatic heterocycles. The van der Waals surface area contributed by atoms with Crippen LogP contribution in [0, 0.1) is 6.92 Å². The van der Waals surface area contributed by atoms with Gasteiger partial charge >= 0.3 is 5.97 Å². The molecule has 0 bridgehead atoms. The summed E-state index contributed by atoms with van der Waals surface area (Å²) in [5.74, 6) is -0.407. The van der Waals surface area contributed by atoms with Crippen molar-refractivity contribution in [3.8, 4) is 0 Å². The molecule has 0 aliphatic heterocycles. The zero-order valence-corrected chi connectivity index (χ0v) is 15.6. The van der Waals surface area contributed by atoms with Crippen molar-refractivity contribution in [2.75, 3.05) is 12.4 Å². The third-order valence-corrected chi connectivity index (χ3v) is 4.02. The summed E-state index contributed by atoms with van der Waals surface area (Å²) in [6.07, 6.45) is 1.51. The van der Waals surface area contributed by atoms with Crippen molar-refractivity contribution in [1.29, 1.82) is 0 Å². The second-order valence-corrected chi connectivity index (χ2v) is 6.13. The molecule has 0 aliphatic rings. The number of anilines is 2. The molecule has 0 atom stereocenters. The topological polar surface area (TPSA) is 93.2 Å². The Labute approximate surface area is 162 Å². The summed E-state index contributed by atoms with van der Waals surface area (Å²) in [5.41, 5.74) is 3.57. The van der Waals surface area contributed by atoms with Crippen LogP contribution in [0.4, 0.5) is 11.6 Å². The van der Waals surface area contributed by atoms with Crippen LogP contribution in [0.25, 0.3) is 0 Å². The van der Waals surface area contributed by atoms with Crippen molar-refractivity contribution >= 4 is 23.5 Å². The van der Waals surface area contributed by atoms with Gasteiger partial charge in [-0.1, -0.05) is 29.8 Å². The third-order valence-electron chi connectivity index (χ3n) is 4.02. The van der Waals surface area contributed by atoms with Gasteiger partial charge in [-0.25, -0.2) is 14.8 Å². The van der Waals surface area contributed by atoms with Gasteiger partial charge in [-0.2, -0.15) is 0 Å². The van der Waals surface area contributed by atoms with E-state index in [-0.39, 0.29) is 17.5 Å². The lowest BCUT2D eigenvalue weighted by atomic mass is 10.1. The molecule has 0 fully saturated rings. The van der Waals surface area contributed by atoms with E-state index in [1.807, 2.05) is 31.2 Å². The number of rotatable bonds is 6. The highest BCUT2D eigenvalue weighted by atomic mass is 16.5. The van der Waals surface area contributed by atoms with Crippen LogP contribution in [-0.2, 0) is 11.3 Å². The quantitative estimate of drug-likeness (QED) is 0.642. The molecular weight excluding hydrogens is 356 g/mol. The van der Waals surface area contributed by atoms with Crippen LogP contribution in [0.2, 0.25) is 0 Å². The Morgan fingerprint density at radius 2 is 1.71 bits per heavy atom. The molecule has 0 saturated carbocycles. The summed E-state index contributed by atoms with van der Waals surface area (Å²) in [6, 6.07) is 16.2. The Balaban J connectivity index is 1.63. The number of aromatic nitrogens is 2. The van der Waals surface area contributed by atoms with Crippen LogP contribution in [-0.4, -0.2) is 29.0 Å². The highest BCUT2D eigenvalue weighted by Gasteiger charge is 2.10. The average molecular weight is 376 g/mol. The Hall–Kier alpha value is -3.74. The SMILES string of the molecule is COC(=O)c1ccc(Nc2nccc(C(=O)NCc3ccc(C)cc3)n2)cc1. The highest BCUT2D eigenvalue weighted by molar-refractivity contribution is 5.92. The second-order valence-electron chi connectivity index (χ2n) is 6.13. The minimum atomic E-state index is -0.407. The number of benzene rings is 2. The van der Waals surface area contributed by atoms with Crippen molar-refractivity contribution in [3.63, 3.8) is 0 Å². The van der Waals surface area contributed by atoms with Crippen LogP contribution in [0.1, 0.15) is 32.0 Å². The van der Waals surface area contributed by atoms with Gasteiger partial charge in [0.15, 0.2) is 0 Å². The second kappa shape index (κ2) is 8.77. The van der Waals surface area contributed by atoms with Crippen molar-refractivity contribution in [3.05, 3.63) is 83.2 Å². The predicted octanol–water partition coefficient (Wildman–Crippen LogP) is 3.25. The lowest BCUT2D eigenvalue weighted by Crippen LogP contribution is -2.24. The van der Waals surface area contributed by atoms with Crippen molar-refractivity contribution in [2.24, 2.45) is 0 Å². The molecule has 7 heteroatoms. The largest absolute Gasteiger partial charge is 0.465 e. The Kier molecular flexibility index (Phi) is 5.96. The lowest BCUT2D eigenvalue weighted by molar-refractivity contribution is 0.0600. The number of carbonyl (C=O) groups is 2. The number of nitrogens with zero attached hydrogens (tertiary/aromatic N) is 2. The molecule has 28 heavy (non-hydrogen) atoms. The summed E-state index contributed by atoms with van der Waals surface area (Å²) in [4.78, 5) is 32.2. The summed E-state index contributed by atoms with van der Waals surface area (Å²) in [7, 11) is 1.33. The fourth-order valence-electron chi connectivity index (χ4n) is 2.46. The van der Waals surface area contributed by atoms with Crippen molar-refractivity contribution in [1.82, 2.24) is 15.3 Å². The van der Waals surface area contributed by atoms with Gasteiger partial charge in [-0.15, -0.1) is 0 Å². The number of aryl methyl sites for hydroxylation is 1. The van der Waals surface area contributed by atoms with Gasteiger partial charge in [-0.3, -0.25) is 4.79 Å². The Morgan fingerprint density at radius 1 is 1.00 bits per heavy atom. The number of amides is 1. The molecule has 2 aromatic carbocycles. The van der Waals surface area contributed by atoms with E-state index in [0.717, 1.165) is 5.56 Å². The zero-order valence-electron chi connectivity index (χ0n) is 15.6. The number of carbonyl (C=O) groups excluding carboxylic acids is 2. The molecule has 0 unspecified atom stereocenters. The zero-order chi connectivity index (χ0) is 19.9. The number of ether oxygens (including phenoxy) is 1. The first-order valence-electron chi connectivity index (χ1n) is 8.67. The Bertz CT molecular complexity index is 970. The van der Waals surface area contributed by atoms with Gasteiger partial charge in [0.25, 0.3) is 5.91 Å². The van der Waals surface area contributed by atoms with Crippen LogP contribution >= 0.6 is 0 Å². The van der Waals surface area contributed by atoms with Gasteiger partial charge in [-0.05, 0) is 42.8 Å². The van der Waals surface area contributed by atoms with Crippen molar-refractivity contribution < 1.29 is 14.3 Å². The van der Waals surface area contributed by atoms with E-state index >= 15 is 0 Å². The number of hydrogen-bond donors (Lipinski definition) is 2.